The zero-order valence-electron chi connectivity index (χ0n) is 19.6. The van der Waals surface area contributed by atoms with E-state index >= 15 is 0 Å². The Balaban J connectivity index is 1.17. The van der Waals surface area contributed by atoms with Gasteiger partial charge in [0.15, 0.2) is 0 Å². The Morgan fingerprint density at radius 2 is 1.39 bits per heavy atom. The molecule has 5 heteroatoms. The minimum Gasteiger partial charge on any atom is -0.372 e. The molecule has 4 saturated carbocycles. The molecule has 6 fully saturated rings. The molecule has 6 rings (SSSR count). The molecule has 0 aromatic rings. The maximum Gasteiger partial charge on any atom is 0.246 e. The molecule has 2 atom stereocenters. The lowest BCUT2D eigenvalue weighted by Gasteiger charge is -2.57. The smallest absolute Gasteiger partial charge is 0.246 e. The predicted molar refractivity (Wildman–Crippen MR) is 120 cm³/mol. The normalized spacial score (nSPS) is 41.0. The fourth-order valence-electron chi connectivity index (χ4n) is 7.99. The van der Waals surface area contributed by atoms with Gasteiger partial charge in [-0.2, -0.15) is 0 Å². The van der Waals surface area contributed by atoms with Crippen molar-refractivity contribution in [3.05, 3.63) is 11.6 Å². The molecule has 0 radical (unpaired) electrons. The third-order valence-corrected chi connectivity index (χ3v) is 9.10. The summed E-state index contributed by atoms with van der Waals surface area (Å²) in [7, 11) is 0. The summed E-state index contributed by atoms with van der Waals surface area (Å²) in [4.78, 5) is 30.1. The molecule has 4 aliphatic carbocycles. The average molecular weight is 429 g/mol. The zero-order valence-corrected chi connectivity index (χ0v) is 19.6. The summed E-state index contributed by atoms with van der Waals surface area (Å²) in [5, 5.41) is 0. The summed E-state index contributed by atoms with van der Waals surface area (Å²) in [6, 6.07) is 0. The number of hydrogen-bond donors (Lipinski definition) is 0. The molecule has 0 spiro atoms. The van der Waals surface area contributed by atoms with E-state index in [-0.39, 0.29) is 29.9 Å². The molecule has 6 aliphatic rings. The van der Waals surface area contributed by atoms with Gasteiger partial charge in [0.2, 0.25) is 11.8 Å². The molecular weight excluding hydrogens is 388 g/mol. The number of carbonyl (C=O) groups is 2. The summed E-state index contributed by atoms with van der Waals surface area (Å²) in [5.74, 6) is 3.18. The standard InChI is InChI=1S/C26H40N2O3/c1-17(26-12-20-9-21(13-26)11-22(10-20)14-26)8-24(29)27-6-4-23(5-7-27)25(30)28-15-18(2)31-19(3)16-28/h8,18-23H,4-7,9-16H2,1-3H3/b17-8-. The second kappa shape index (κ2) is 8.20. The average Bonchev–Trinajstić information content (AvgIpc) is 2.71. The van der Waals surface area contributed by atoms with Gasteiger partial charge in [-0.3, -0.25) is 9.59 Å². The third-order valence-electron chi connectivity index (χ3n) is 9.10. The maximum atomic E-state index is 13.1. The molecule has 0 aromatic carbocycles. The van der Waals surface area contributed by atoms with Crippen LogP contribution in [0.25, 0.3) is 0 Å². The van der Waals surface area contributed by atoms with Crippen molar-refractivity contribution in [3.63, 3.8) is 0 Å². The Labute approximate surface area is 187 Å². The third kappa shape index (κ3) is 4.19. The van der Waals surface area contributed by atoms with Crippen molar-refractivity contribution in [3.8, 4) is 0 Å². The molecule has 172 valence electrons. The van der Waals surface area contributed by atoms with Gasteiger partial charge in [-0.1, -0.05) is 5.57 Å². The van der Waals surface area contributed by atoms with Crippen LogP contribution in [0.15, 0.2) is 11.6 Å². The molecule has 4 bridgehead atoms. The highest BCUT2D eigenvalue weighted by molar-refractivity contribution is 5.89. The van der Waals surface area contributed by atoms with Crippen molar-refractivity contribution < 1.29 is 14.3 Å². The lowest BCUT2D eigenvalue weighted by molar-refractivity contribution is -0.149. The van der Waals surface area contributed by atoms with Gasteiger partial charge < -0.3 is 14.5 Å². The lowest BCUT2D eigenvalue weighted by atomic mass is 9.48. The van der Waals surface area contributed by atoms with Crippen LogP contribution in [0, 0.1) is 29.1 Å². The topological polar surface area (TPSA) is 49.9 Å². The molecule has 2 heterocycles. The SMILES string of the molecule is C/C(=C/C(=O)N1CCC(C(=O)N2CC(C)OC(C)C2)CC1)C12CC3CC(CC(C3)C1)C2. The number of piperidine rings is 1. The number of allylic oxidation sites excluding steroid dienone is 1. The number of carbonyl (C=O) groups excluding carboxylic acids is 2. The van der Waals surface area contributed by atoms with Crippen LogP contribution in [0.1, 0.15) is 72.1 Å². The summed E-state index contributed by atoms with van der Waals surface area (Å²) in [6.07, 6.45) is 12.0. The summed E-state index contributed by atoms with van der Waals surface area (Å²) in [6.45, 7) is 9.09. The van der Waals surface area contributed by atoms with Gasteiger partial charge in [0, 0.05) is 38.2 Å². The fourth-order valence-corrected chi connectivity index (χ4v) is 7.99. The zero-order chi connectivity index (χ0) is 21.8. The monoisotopic (exact) mass is 428 g/mol. The number of nitrogens with zero attached hydrogens (tertiary/aromatic N) is 2. The maximum absolute atomic E-state index is 13.1. The van der Waals surface area contributed by atoms with Crippen LogP contribution < -0.4 is 0 Å². The number of hydrogen-bond acceptors (Lipinski definition) is 3. The largest absolute Gasteiger partial charge is 0.372 e. The van der Waals surface area contributed by atoms with E-state index in [9.17, 15) is 9.59 Å². The minimum atomic E-state index is 0.0507. The fraction of sp³-hybridized carbons (Fsp3) is 0.846. The van der Waals surface area contributed by atoms with Crippen molar-refractivity contribution >= 4 is 11.8 Å². The van der Waals surface area contributed by atoms with Crippen LogP contribution >= 0.6 is 0 Å². The van der Waals surface area contributed by atoms with Crippen LogP contribution in [0.2, 0.25) is 0 Å². The van der Waals surface area contributed by atoms with Crippen LogP contribution in [0.3, 0.4) is 0 Å². The molecule has 0 N–H and O–H groups in total. The van der Waals surface area contributed by atoms with Gasteiger partial charge in [0.05, 0.1) is 12.2 Å². The molecule has 31 heavy (non-hydrogen) atoms. The second-order valence-corrected chi connectivity index (χ2v) is 11.6. The van der Waals surface area contributed by atoms with Crippen molar-refractivity contribution in [2.75, 3.05) is 26.2 Å². The van der Waals surface area contributed by atoms with Gasteiger partial charge >= 0.3 is 0 Å². The first-order valence-electron chi connectivity index (χ1n) is 12.7. The van der Waals surface area contributed by atoms with Gasteiger partial charge in [-0.15, -0.1) is 0 Å². The van der Waals surface area contributed by atoms with E-state index in [1.165, 1.54) is 44.1 Å². The quantitative estimate of drug-likeness (QED) is 0.638. The highest BCUT2D eigenvalue weighted by atomic mass is 16.5. The van der Waals surface area contributed by atoms with Crippen LogP contribution in [0.4, 0.5) is 0 Å². The first kappa shape index (κ1) is 21.5. The number of morpholine rings is 1. The summed E-state index contributed by atoms with van der Waals surface area (Å²) in [5.41, 5.74) is 1.65. The van der Waals surface area contributed by atoms with E-state index in [0.717, 1.165) is 30.6 Å². The van der Waals surface area contributed by atoms with Crippen molar-refractivity contribution in [2.45, 2.75) is 84.3 Å². The molecule has 0 aromatic heterocycles. The second-order valence-electron chi connectivity index (χ2n) is 11.6. The Hall–Kier alpha value is -1.36. The predicted octanol–water partition coefficient (Wildman–Crippen LogP) is 4.02. The lowest BCUT2D eigenvalue weighted by Crippen LogP contribution is -2.51. The van der Waals surface area contributed by atoms with Crippen LogP contribution in [-0.2, 0) is 14.3 Å². The highest BCUT2D eigenvalue weighted by Gasteiger charge is 2.51. The van der Waals surface area contributed by atoms with Crippen LogP contribution in [-0.4, -0.2) is 60.0 Å². The van der Waals surface area contributed by atoms with E-state index in [4.69, 9.17) is 4.74 Å². The van der Waals surface area contributed by atoms with Crippen LogP contribution in [0.5, 0.6) is 0 Å². The Bertz CT molecular complexity index is 706. The molecule has 2 unspecified atom stereocenters. The van der Waals surface area contributed by atoms with Gasteiger partial charge in [0.1, 0.15) is 0 Å². The molecular formula is C26H40N2O3. The van der Waals surface area contributed by atoms with E-state index in [1.54, 1.807) is 0 Å². The minimum absolute atomic E-state index is 0.0507. The van der Waals surface area contributed by atoms with E-state index < -0.39 is 0 Å². The van der Waals surface area contributed by atoms with Crippen molar-refractivity contribution in [1.82, 2.24) is 9.80 Å². The Morgan fingerprint density at radius 1 is 0.871 bits per heavy atom. The molecule has 2 saturated heterocycles. The van der Waals surface area contributed by atoms with Gasteiger partial charge in [-0.05, 0) is 95.3 Å². The first-order chi connectivity index (χ1) is 14.8. The van der Waals surface area contributed by atoms with Crippen molar-refractivity contribution in [2.24, 2.45) is 29.1 Å². The van der Waals surface area contributed by atoms with Gasteiger partial charge in [-0.25, -0.2) is 0 Å². The number of ether oxygens (including phenoxy) is 1. The van der Waals surface area contributed by atoms with E-state index in [1.807, 2.05) is 29.7 Å². The molecule has 2 amide bonds. The highest BCUT2D eigenvalue weighted by Crippen LogP contribution is 2.62. The van der Waals surface area contributed by atoms with Gasteiger partial charge in [0.25, 0.3) is 0 Å². The summed E-state index contributed by atoms with van der Waals surface area (Å²) >= 11 is 0. The number of likely N-dealkylation sites (tertiary alicyclic amines) is 1. The summed E-state index contributed by atoms with van der Waals surface area (Å²) < 4.78 is 5.77. The molecule has 5 nitrogen and oxygen atoms in total. The van der Waals surface area contributed by atoms with E-state index in [2.05, 4.69) is 6.92 Å². The van der Waals surface area contributed by atoms with E-state index in [0.29, 0.717) is 31.6 Å². The Kier molecular flexibility index (Phi) is 5.69. The Morgan fingerprint density at radius 3 is 1.90 bits per heavy atom. The van der Waals surface area contributed by atoms with Crippen molar-refractivity contribution in [1.29, 1.82) is 0 Å². The number of amides is 2. The molecule has 2 aliphatic heterocycles. The first-order valence-corrected chi connectivity index (χ1v) is 12.7. The number of rotatable bonds is 3.